The summed E-state index contributed by atoms with van der Waals surface area (Å²) in [6.45, 7) is 6.56. The molecule has 12 heteroatoms. The van der Waals surface area contributed by atoms with Crippen LogP contribution in [0.5, 0.6) is 11.5 Å². The lowest BCUT2D eigenvalue weighted by Gasteiger charge is -2.31. The minimum absolute atomic E-state index is 0.0398. The number of ether oxygens (including phenoxy) is 4. The van der Waals surface area contributed by atoms with E-state index in [2.05, 4.69) is 10.2 Å². The van der Waals surface area contributed by atoms with Crippen LogP contribution in [-0.2, 0) is 14.3 Å². The topological polar surface area (TPSA) is 129 Å². The molecule has 1 saturated heterocycles. The van der Waals surface area contributed by atoms with E-state index in [1.54, 1.807) is 6.07 Å². The molecule has 1 aliphatic rings. The minimum Gasteiger partial charge on any atom is -0.492 e. The SMILES string of the molecule is CCOc1cc(N2CCOCC2)c(OCC)cc1NC(=O)COC(=O)c1ccc([N+](=O)[O-])s1. The van der Waals surface area contributed by atoms with Crippen LogP contribution in [0.4, 0.5) is 16.4 Å². The van der Waals surface area contributed by atoms with Gasteiger partial charge in [0.2, 0.25) is 0 Å². The molecule has 2 aromatic rings. The first kappa shape index (κ1) is 24.3. The molecular formula is C21H25N3O8S. The maximum absolute atomic E-state index is 12.5. The van der Waals surface area contributed by atoms with E-state index >= 15 is 0 Å². The Morgan fingerprint density at radius 3 is 2.48 bits per heavy atom. The molecule has 3 rings (SSSR count). The number of carbonyl (C=O) groups is 2. The molecule has 0 saturated carbocycles. The van der Waals surface area contributed by atoms with Gasteiger partial charge in [0.15, 0.2) is 6.61 Å². The number of thiophene rings is 1. The third kappa shape index (κ3) is 6.33. The number of amides is 1. The van der Waals surface area contributed by atoms with Crippen LogP contribution in [-0.4, -0.2) is 62.9 Å². The molecule has 0 spiro atoms. The molecule has 1 aromatic carbocycles. The van der Waals surface area contributed by atoms with E-state index in [1.165, 1.54) is 12.1 Å². The van der Waals surface area contributed by atoms with Crippen molar-refractivity contribution >= 4 is 39.6 Å². The highest BCUT2D eigenvalue weighted by Gasteiger charge is 2.21. The number of nitrogens with one attached hydrogen (secondary N) is 1. The van der Waals surface area contributed by atoms with E-state index in [9.17, 15) is 19.7 Å². The van der Waals surface area contributed by atoms with Crippen LogP contribution in [0.15, 0.2) is 24.3 Å². The van der Waals surface area contributed by atoms with E-state index in [4.69, 9.17) is 18.9 Å². The van der Waals surface area contributed by atoms with Gasteiger partial charge in [-0.05, 0) is 19.9 Å². The number of benzene rings is 1. The highest BCUT2D eigenvalue weighted by Crippen LogP contribution is 2.39. The van der Waals surface area contributed by atoms with Gasteiger partial charge in [0.25, 0.3) is 5.91 Å². The summed E-state index contributed by atoms with van der Waals surface area (Å²) in [5.74, 6) is -0.361. The second kappa shape index (κ2) is 11.5. The van der Waals surface area contributed by atoms with Gasteiger partial charge in [-0.1, -0.05) is 11.3 Å². The maximum atomic E-state index is 12.5. The summed E-state index contributed by atoms with van der Waals surface area (Å²) in [6.07, 6.45) is 0. The number of anilines is 2. The average molecular weight is 480 g/mol. The van der Waals surface area contributed by atoms with Crippen molar-refractivity contribution in [2.75, 3.05) is 56.3 Å². The van der Waals surface area contributed by atoms with Crippen molar-refractivity contribution in [3.8, 4) is 11.5 Å². The van der Waals surface area contributed by atoms with Gasteiger partial charge in [0.05, 0.1) is 42.7 Å². The Balaban J connectivity index is 1.72. The second-order valence-corrected chi connectivity index (χ2v) is 7.86. The standard InChI is InChI=1S/C21H25N3O8S/c1-3-30-16-12-15(23-7-9-29-10-8-23)17(31-4-2)11-14(16)22-19(25)13-32-21(26)18-5-6-20(33-18)24(27)28/h5-6,11-12H,3-4,7-10,13H2,1-2H3,(H,22,25). The first-order valence-electron chi connectivity index (χ1n) is 10.4. The number of esters is 1. The first-order chi connectivity index (χ1) is 15.9. The number of morpholine rings is 1. The van der Waals surface area contributed by atoms with Gasteiger partial charge in [-0.15, -0.1) is 0 Å². The third-order valence-corrected chi connectivity index (χ3v) is 5.61. The summed E-state index contributed by atoms with van der Waals surface area (Å²) in [5.41, 5.74) is 1.22. The fourth-order valence-electron chi connectivity index (χ4n) is 3.17. The Morgan fingerprint density at radius 1 is 1.15 bits per heavy atom. The summed E-state index contributed by atoms with van der Waals surface area (Å²) in [5, 5.41) is 13.3. The van der Waals surface area contributed by atoms with Crippen molar-refractivity contribution in [3.63, 3.8) is 0 Å². The van der Waals surface area contributed by atoms with Crippen molar-refractivity contribution in [1.29, 1.82) is 0 Å². The Bertz CT molecular complexity index is 1000. The number of carbonyl (C=O) groups excluding carboxylic acids is 2. The lowest BCUT2D eigenvalue weighted by Crippen LogP contribution is -2.36. The molecule has 1 N–H and O–H groups in total. The fraction of sp³-hybridized carbons (Fsp3) is 0.429. The zero-order chi connectivity index (χ0) is 23.8. The van der Waals surface area contributed by atoms with Gasteiger partial charge in [-0.3, -0.25) is 14.9 Å². The van der Waals surface area contributed by atoms with E-state index in [-0.39, 0.29) is 9.88 Å². The molecule has 0 radical (unpaired) electrons. The normalized spacial score (nSPS) is 13.3. The molecule has 1 amide bonds. The van der Waals surface area contributed by atoms with Crippen LogP contribution in [0.1, 0.15) is 23.5 Å². The van der Waals surface area contributed by atoms with Gasteiger partial charge < -0.3 is 29.2 Å². The first-order valence-corrected chi connectivity index (χ1v) is 11.2. The van der Waals surface area contributed by atoms with Crippen molar-refractivity contribution in [3.05, 3.63) is 39.3 Å². The average Bonchev–Trinajstić information content (AvgIpc) is 3.31. The zero-order valence-corrected chi connectivity index (χ0v) is 19.1. The van der Waals surface area contributed by atoms with E-state index < -0.39 is 23.4 Å². The Morgan fingerprint density at radius 2 is 1.85 bits per heavy atom. The van der Waals surface area contributed by atoms with Crippen molar-refractivity contribution in [2.45, 2.75) is 13.8 Å². The summed E-state index contributed by atoms with van der Waals surface area (Å²) >= 11 is 0.681. The maximum Gasteiger partial charge on any atom is 0.349 e. The lowest BCUT2D eigenvalue weighted by atomic mass is 10.2. The van der Waals surface area contributed by atoms with Crippen LogP contribution in [0.25, 0.3) is 0 Å². The molecule has 1 aliphatic heterocycles. The van der Waals surface area contributed by atoms with Crippen LogP contribution in [0.3, 0.4) is 0 Å². The molecule has 0 unspecified atom stereocenters. The van der Waals surface area contributed by atoms with Crippen molar-refractivity contribution in [2.24, 2.45) is 0 Å². The molecule has 11 nitrogen and oxygen atoms in total. The second-order valence-electron chi connectivity index (χ2n) is 6.80. The summed E-state index contributed by atoms with van der Waals surface area (Å²) in [7, 11) is 0. The van der Waals surface area contributed by atoms with Crippen molar-refractivity contribution in [1.82, 2.24) is 0 Å². The minimum atomic E-state index is -0.814. The molecule has 2 heterocycles. The van der Waals surface area contributed by atoms with Gasteiger partial charge in [0, 0.05) is 31.3 Å². The van der Waals surface area contributed by atoms with Gasteiger partial charge in [0.1, 0.15) is 16.4 Å². The largest absolute Gasteiger partial charge is 0.492 e. The van der Waals surface area contributed by atoms with Gasteiger partial charge >= 0.3 is 11.0 Å². The van der Waals surface area contributed by atoms with Crippen molar-refractivity contribution < 1.29 is 33.5 Å². The van der Waals surface area contributed by atoms with E-state index in [0.717, 1.165) is 5.69 Å². The number of hydrogen-bond donors (Lipinski definition) is 1. The van der Waals surface area contributed by atoms with E-state index in [0.29, 0.717) is 68.0 Å². The highest BCUT2D eigenvalue weighted by atomic mass is 32.1. The molecule has 33 heavy (non-hydrogen) atoms. The molecule has 1 aromatic heterocycles. The molecular weight excluding hydrogens is 454 g/mol. The number of nitrogens with zero attached hydrogens (tertiary/aromatic N) is 2. The van der Waals surface area contributed by atoms with Crippen LogP contribution in [0, 0.1) is 10.1 Å². The molecule has 0 aliphatic carbocycles. The zero-order valence-electron chi connectivity index (χ0n) is 18.3. The third-order valence-electron chi connectivity index (χ3n) is 4.59. The Hall–Kier alpha value is -3.38. The molecule has 0 atom stereocenters. The molecule has 1 fully saturated rings. The van der Waals surface area contributed by atoms with Crippen LogP contribution in [0.2, 0.25) is 0 Å². The Labute approximate surface area is 194 Å². The predicted molar refractivity (Wildman–Crippen MR) is 122 cm³/mol. The van der Waals surface area contributed by atoms with Crippen LogP contribution < -0.4 is 19.7 Å². The molecule has 0 bridgehead atoms. The van der Waals surface area contributed by atoms with E-state index in [1.807, 2.05) is 19.9 Å². The number of nitro groups is 1. The monoisotopic (exact) mass is 479 g/mol. The van der Waals surface area contributed by atoms with Gasteiger partial charge in [-0.25, -0.2) is 4.79 Å². The summed E-state index contributed by atoms with van der Waals surface area (Å²) in [6, 6.07) is 5.99. The molecule has 178 valence electrons. The lowest BCUT2D eigenvalue weighted by molar-refractivity contribution is -0.380. The highest BCUT2D eigenvalue weighted by molar-refractivity contribution is 7.17. The number of hydrogen-bond acceptors (Lipinski definition) is 10. The smallest absolute Gasteiger partial charge is 0.349 e. The predicted octanol–water partition coefficient (Wildman–Crippen LogP) is 3.09. The summed E-state index contributed by atoms with van der Waals surface area (Å²) < 4.78 is 21.9. The fourth-order valence-corrected chi connectivity index (χ4v) is 3.88. The Kier molecular flexibility index (Phi) is 8.44. The summed E-state index contributed by atoms with van der Waals surface area (Å²) in [4.78, 5) is 36.9. The number of rotatable bonds is 10. The van der Waals surface area contributed by atoms with Gasteiger partial charge in [-0.2, -0.15) is 0 Å². The van der Waals surface area contributed by atoms with Crippen LogP contribution >= 0.6 is 11.3 Å². The quantitative estimate of drug-likeness (QED) is 0.310.